The van der Waals surface area contributed by atoms with E-state index in [0.29, 0.717) is 18.5 Å². The Kier molecular flexibility index (Phi) is 7.12. The molecule has 2 amide bonds. The number of thioether (sulfide) groups is 1. The van der Waals surface area contributed by atoms with E-state index in [1.807, 2.05) is 67.5 Å². The Bertz CT molecular complexity index is 824. The molecule has 0 aliphatic carbocycles. The first-order valence-electron chi connectivity index (χ1n) is 9.63. The number of anilines is 2. The molecule has 2 aromatic rings. The van der Waals surface area contributed by atoms with E-state index >= 15 is 0 Å². The molecule has 0 saturated heterocycles. The number of hydrogen-bond donors (Lipinski definition) is 1. The normalized spacial score (nSPS) is 13.3. The van der Waals surface area contributed by atoms with E-state index in [4.69, 9.17) is 0 Å². The van der Waals surface area contributed by atoms with Crippen LogP contribution in [0.2, 0.25) is 0 Å². The number of carbonyl (C=O) groups is 2. The average molecular weight is 398 g/mol. The van der Waals surface area contributed by atoms with Gasteiger partial charge >= 0.3 is 0 Å². The summed E-state index contributed by atoms with van der Waals surface area (Å²) in [7, 11) is 4.07. The highest BCUT2D eigenvalue weighted by Crippen LogP contribution is 2.37. The fourth-order valence-electron chi connectivity index (χ4n) is 3.18. The van der Waals surface area contributed by atoms with E-state index in [1.165, 1.54) is 0 Å². The number of carbonyl (C=O) groups excluding carboxylic acids is 2. The molecule has 0 unspecified atom stereocenters. The Morgan fingerprint density at radius 2 is 1.89 bits per heavy atom. The summed E-state index contributed by atoms with van der Waals surface area (Å²) < 4.78 is 0. The molecule has 3 rings (SSSR count). The van der Waals surface area contributed by atoms with Crippen LogP contribution in [0.15, 0.2) is 53.4 Å². The summed E-state index contributed by atoms with van der Waals surface area (Å²) in [4.78, 5) is 30.2. The van der Waals surface area contributed by atoms with Gasteiger partial charge in [-0.15, -0.1) is 11.8 Å². The standard InChI is InChI=1S/C22H27N3O2S/c1-24(2)13-7-6-10-21(26)23-18-11-12-20-19(16-18)25(14-15-28-20)22(27)17-8-4-3-5-9-17/h3-5,8-9,11-12,16H,6-7,10,13-15H2,1-2H3,(H,23,26). The van der Waals surface area contributed by atoms with Gasteiger partial charge in [0.2, 0.25) is 5.91 Å². The molecule has 0 spiro atoms. The van der Waals surface area contributed by atoms with Crippen molar-refractivity contribution in [1.82, 2.24) is 4.90 Å². The van der Waals surface area contributed by atoms with Crippen LogP contribution in [0, 0.1) is 0 Å². The van der Waals surface area contributed by atoms with Crippen LogP contribution in [-0.4, -0.2) is 49.7 Å². The lowest BCUT2D eigenvalue weighted by Gasteiger charge is -2.29. The van der Waals surface area contributed by atoms with E-state index < -0.39 is 0 Å². The highest BCUT2D eigenvalue weighted by Gasteiger charge is 2.24. The van der Waals surface area contributed by atoms with Crippen LogP contribution in [0.5, 0.6) is 0 Å². The topological polar surface area (TPSA) is 52.7 Å². The summed E-state index contributed by atoms with van der Waals surface area (Å²) in [5.74, 6) is 0.876. The van der Waals surface area contributed by atoms with Crippen molar-refractivity contribution in [2.45, 2.75) is 24.2 Å². The third-order valence-electron chi connectivity index (χ3n) is 4.63. The summed E-state index contributed by atoms with van der Waals surface area (Å²) in [6, 6.07) is 15.2. The molecule has 1 heterocycles. The molecule has 28 heavy (non-hydrogen) atoms. The molecule has 148 valence electrons. The van der Waals surface area contributed by atoms with Crippen LogP contribution >= 0.6 is 11.8 Å². The monoisotopic (exact) mass is 397 g/mol. The fraction of sp³-hybridized carbons (Fsp3) is 0.364. The quantitative estimate of drug-likeness (QED) is 0.715. The Labute approximate surface area is 171 Å². The van der Waals surface area contributed by atoms with Crippen molar-refractivity contribution in [2.24, 2.45) is 0 Å². The second kappa shape index (κ2) is 9.75. The number of fused-ring (bicyclic) bond motifs is 1. The first kappa shape index (κ1) is 20.4. The predicted molar refractivity (Wildman–Crippen MR) is 116 cm³/mol. The van der Waals surface area contributed by atoms with Gasteiger partial charge in [-0.25, -0.2) is 0 Å². The molecule has 2 aromatic carbocycles. The summed E-state index contributed by atoms with van der Waals surface area (Å²) in [6.07, 6.45) is 2.37. The molecule has 0 saturated carbocycles. The van der Waals surface area contributed by atoms with Crippen LogP contribution in [0.1, 0.15) is 29.6 Å². The Hall–Kier alpha value is -2.31. The molecular weight excluding hydrogens is 370 g/mol. The van der Waals surface area contributed by atoms with Gasteiger partial charge in [0.25, 0.3) is 5.91 Å². The lowest BCUT2D eigenvalue weighted by Crippen LogP contribution is -2.35. The molecule has 0 atom stereocenters. The van der Waals surface area contributed by atoms with Gasteiger partial charge in [0.1, 0.15) is 0 Å². The van der Waals surface area contributed by atoms with Gasteiger partial charge in [0, 0.05) is 34.9 Å². The van der Waals surface area contributed by atoms with Crippen LogP contribution < -0.4 is 10.2 Å². The number of benzene rings is 2. The lowest BCUT2D eigenvalue weighted by molar-refractivity contribution is -0.116. The van der Waals surface area contributed by atoms with Crippen molar-refractivity contribution >= 4 is 35.0 Å². The minimum absolute atomic E-state index is 0.00527. The predicted octanol–water partition coefficient (Wildman–Crippen LogP) is 4.11. The molecule has 0 bridgehead atoms. The van der Waals surface area contributed by atoms with Crippen LogP contribution in [-0.2, 0) is 4.79 Å². The molecule has 1 N–H and O–H groups in total. The third-order valence-corrected chi connectivity index (χ3v) is 5.67. The number of unbranched alkanes of at least 4 members (excludes halogenated alkanes) is 1. The van der Waals surface area contributed by atoms with Gasteiger partial charge < -0.3 is 15.1 Å². The van der Waals surface area contributed by atoms with E-state index in [2.05, 4.69) is 10.2 Å². The maximum atomic E-state index is 13.0. The van der Waals surface area contributed by atoms with Gasteiger partial charge in [-0.05, 0) is 63.8 Å². The maximum absolute atomic E-state index is 13.0. The van der Waals surface area contributed by atoms with Crippen LogP contribution in [0.3, 0.4) is 0 Å². The van der Waals surface area contributed by atoms with Gasteiger partial charge in [-0.2, -0.15) is 0 Å². The van der Waals surface area contributed by atoms with Crippen molar-refractivity contribution in [3.05, 3.63) is 54.1 Å². The van der Waals surface area contributed by atoms with E-state index in [0.717, 1.165) is 41.4 Å². The smallest absolute Gasteiger partial charge is 0.258 e. The first-order chi connectivity index (χ1) is 13.5. The molecule has 5 nitrogen and oxygen atoms in total. The molecule has 1 aliphatic heterocycles. The van der Waals surface area contributed by atoms with E-state index in [-0.39, 0.29) is 11.8 Å². The van der Waals surface area contributed by atoms with Crippen molar-refractivity contribution in [1.29, 1.82) is 0 Å². The largest absolute Gasteiger partial charge is 0.326 e. The minimum atomic E-state index is -0.00527. The summed E-state index contributed by atoms with van der Waals surface area (Å²) in [5, 5.41) is 2.98. The zero-order chi connectivity index (χ0) is 19.9. The zero-order valence-electron chi connectivity index (χ0n) is 16.5. The third kappa shape index (κ3) is 5.36. The Morgan fingerprint density at radius 1 is 1.11 bits per heavy atom. The van der Waals surface area contributed by atoms with Gasteiger partial charge in [-0.1, -0.05) is 18.2 Å². The summed E-state index contributed by atoms with van der Waals surface area (Å²) in [6.45, 7) is 1.65. The zero-order valence-corrected chi connectivity index (χ0v) is 17.3. The molecular formula is C22H27N3O2S. The second-order valence-electron chi connectivity index (χ2n) is 7.16. The van der Waals surface area contributed by atoms with Gasteiger partial charge in [0.05, 0.1) is 5.69 Å². The Balaban J connectivity index is 1.68. The van der Waals surface area contributed by atoms with Crippen LogP contribution in [0.25, 0.3) is 0 Å². The fourth-order valence-corrected chi connectivity index (χ4v) is 4.16. The molecule has 0 aromatic heterocycles. The highest BCUT2D eigenvalue weighted by atomic mass is 32.2. The molecule has 1 aliphatic rings. The number of nitrogens with one attached hydrogen (secondary N) is 1. The van der Waals surface area contributed by atoms with Crippen molar-refractivity contribution in [2.75, 3.05) is 43.2 Å². The molecule has 6 heteroatoms. The van der Waals surface area contributed by atoms with Crippen molar-refractivity contribution in [3.63, 3.8) is 0 Å². The summed E-state index contributed by atoms with van der Waals surface area (Å²) >= 11 is 1.74. The average Bonchev–Trinajstić information content (AvgIpc) is 2.71. The van der Waals surface area contributed by atoms with Gasteiger partial charge in [0.15, 0.2) is 0 Å². The van der Waals surface area contributed by atoms with Gasteiger partial charge in [-0.3, -0.25) is 9.59 Å². The first-order valence-corrected chi connectivity index (χ1v) is 10.6. The summed E-state index contributed by atoms with van der Waals surface area (Å²) in [5.41, 5.74) is 2.29. The van der Waals surface area contributed by atoms with Crippen LogP contribution in [0.4, 0.5) is 11.4 Å². The maximum Gasteiger partial charge on any atom is 0.258 e. The number of nitrogens with zero attached hydrogens (tertiary/aromatic N) is 2. The van der Waals surface area contributed by atoms with E-state index in [9.17, 15) is 9.59 Å². The SMILES string of the molecule is CN(C)CCCCC(=O)Nc1ccc2c(c1)N(C(=O)c1ccccc1)CCS2. The van der Waals surface area contributed by atoms with Crippen molar-refractivity contribution in [3.8, 4) is 0 Å². The van der Waals surface area contributed by atoms with Crippen molar-refractivity contribution < 1.29 is 9.59 Å². The second-order valence-corrected chi connectivity index (χ2v) is 8.30. The molecule has 0 radical (unpaired) electrons. The minimum Gasteiger partial charge on any atom is -0.326 e. The number of rotatable bonds is 7. The van der Waals surface area contributed by atoms with E-state index in [1.54, 1.807) is 11.8 Å². The number of hydrogen-bond acceptors (Lipinski definition) is 4. The Morgan fingerprint density at radius 3 is 2.64 bits per heavy atom. The highest BCUT2D eigenvalue weighted by molar-refractivity contribution is 7.99. The lowest BCUT2D eigenvalue weighted by atomic mass is 10.1. The number of amides is 2. The molecule has 0 fully saturated rings.